The first-order valence-corrected chi connectivity index (χ1v) is 6.58. The predicted molar refractivity (Wildman–Crippen MR) is 88.9 cm³/mol. The maximum atomic E-state index is 12.0. The molecular weight excluding hydrogens is 327 g/mol. The number of hydrogen-bond acceptors (Lipinski definition) is 4. The first kappa shape index (κ1) is 18.1. The van der Waals surface area contributed by atoms with Crippen molar-refractivity contribution in [3.63, 3.8) is 0 Å². The van der Waals surface area contributed by atoms with E-state index < -0.39 is 0 Å². The number of benzene rings is 2. The maximum Gasteiger partial charge on any atom is 0.279 e. The Balaban J connectivity index is 0.00000242. The summed E-state index contributed by atoms with van der Waals surface area (Å²) in [4.78, 5) is 12.0. The number of halogens is 2. The van der Waals surface area contributed by atoms with Crippen LogP contribution in [0.2, 0.25) is 5.02 Å². The number of carbonyl (C=O) groups is 1. The van der Waals surface area contributed by atoms with E-state index in [0.717, 1.165) is 5.01 Å². The minimum absolute atomic E-state index is 0. The van der Waals surface area contributed by atoms with E-state index in [9.17, 15) is 4.79 Å². The van der Waals surface area contributed by atoms with Crippen LogP contribution < -0.4 is 20.3 Å². The van der Waals surface area contributed by atoms with Crippen molar-refractivity contribution < 1.29 is 14.3 Å². The van der Waals surface area contributed by atoms with Gasteiger partial charge in [-0.2, -0.15) is 0 Å². The van der Waals surface area contributed by atoms with E-state index in [1.165, 1.54) is 0 Å². The Bertz CT molecular complexity index is 603. The molecule has 2 aromatic rings. The lowest BCUT2D eigenvalue weighted by Gasteiger charge is -2.17. The van der Waals surface area contributed by atoms with Crippen molar-refractivity contribution in [2.75, 3.05) is 18.7 Å². The van der Waals surface area contributed by atoms with Crippen LogP contribution in [0.25, 0.3) is 0 Å². The number of amides is 1. The van der Waals surface area contributed by atoms with Gasteiger partial charge in [-0.1, -0.05) is 11.6 Å². The highest BCUT2D eigenvalue weighted by Gasteiger charge is 2.12. The van der Waals surface area contributed by atoms with Crippen LogP contribution in [0.1, 0.15) is 0 Å². The van der Waals surface area contributed by atoms with Gasteiger partial charge in [-0.05, 0) is 48.5 Å². The fourth-order valence-corrected chi connectivity index (χ4v) is 1.76. The molecule has 0 aliphatic heterocycles. The topological polar surface area (TPSA) is 64.8 Å². The van der Waals surface area contributed by atoms with Gasteiger partial charge in [-0.3, -0.25) is 4.79 Å². The first-order chi connectivity index (χ1) is 10.1. The van der Waals surface area contributed by atoms with Gasteiger partial charge in [-0.25, -0.2) is 10.9 Å². The summed E-state index contributed by atoms with van der Waals surface area (Å²) in [5.74, 6) is 6.64. The van der Waals surface area contributed by atoms with Crippen LogP contribution >= 0.6 is 24.0 Å². The first-order valence-electron chi connectivity index (χ1n) is 6.20. The third-order valence-corrected chi connectivity index (χ3v) is 3.05. The lowest BCUT2D eigenvalue weighted by molar-refractivity contribution is -0.120. The SMILES string of the molecule is COc1ccc(N(N)C(=O)COc2ccc(Cl)cc2)cc1.Cl. The van der Waals surface area contributed by atoms with Crippen molar-refractivity contribution in [2.24, 2.45) is 5.84 Å². The van der Waals surface area contributed by atoms with E-state index in [1.54, 1.807) is 55.6 Å². The molecular formula is C15H16Cl2N2O3. The van der Waals surface area contributed by atoms with E-state index in [2.05, 4.69) is 0 Å². The number of methoxy groups -OCH3 is 1. The van der Waals surface area contributed by atoms with Crippen LogP contribution in [0.4, 0.5) is 5.69 Å². The minimum Gasteiger partial charge on any atom is -0.497 e. The van der Waals surface area contributed by atoms with Crippen LogP contribution in [-0.2, 0) is 4.79 Å². The Morgan fingerprint density at radius 1 is 1.09 bits per heavy atom. The molecule has 0 spiro atoms. The molecule has 0 aliphatic carbocycles. The van der Waals surface area contributed by atoms with E-state index in [1.807, 2.05) is 0 Å². The Hall–Kier alpha value is -1.95. The molecule has 7 heteroatoms. The number of ether oxygens (including phenoxy) is 2. The van der Waals surface area contributed by atoms with Gasteiger partial charge in [0.15, 0.2) is 6.61 Å². The molecule has 0 bridgehead atoms. The second-order valence-electron chi connectivity index (χ2n) is 4.20. The van der Waals surface area contributed by atoms with Crippen LogP contribution in [0.5, 0.6) is 11.5 Å². The van der Waals surface area contributed by atoms with Crippen LogP contribution in [0.3, 0.4) is 0 Å². The van der Waals surface area contributed by atoms with Crippen molar-refractivity contribution in [1.29, 1.82) is 0 Å². The van der Waals surface area contributed by atoms with Gasteiger partial charge in [0.2, 0.25) is 0 Å². The third-order valence-electron chi connectivity index (χ3n) is 2.80. The average Bonchev–Trinajstić information content (AvgIpc) is 2.53. The number of hydrazine groups is 1. The molecule has 0 heterocycles. The summed E-state index contributed by atoms with van der Waals surface area (Å²) in [5, 5.41) is 1.64. The van der Waals surface area contributed by atoms with E-state index in [4.69, 9.17) is 26.9 Å². The smallest absolute Gasteiger partial charge is 0.279 e. The van der Waals surface area contributed by atoms with Crippen molar-refractivity contribution in [3.8, 4) is 11.5 Å². The lowest BCUT2D eigenvalue weighted by Crippen LogP contribution is -2.40. The zero-order valence-electron chi connectivity index (χ0n) is 11.9. The fourth-order valence-electron chi connectivity index (χ4n) is 1.63. The van der Waals surface area contributed by atoms with Gasteiger partial charge >= 0.3 is 0 Å². The molecule has 2 N–H and O–H groups in total. The molecule has 2 aromatic carbocycles. The quantitative estimate of drug-likeness (QED) is 0.515. The fraction of sp³-hybridized carbons (Fsp3) is 0.133. The summed E-state index contributed by atoms with van der Waals surface area (Å²) < 4.78 is 10.4. The summed E-state index contributed by atoms with van der Waals surface area (Å²) >= 11 is 5.77. The summed E-state index contributed by atoms with van der Waals surface area (Å²) in [5.41, 5.74) is 0.556. The highest BCUT2D eigenvalue weighted by molar-refractivity contribution is 6.30. The van der Waals surface area contributed by atoms with Gasteiger partial charge in [-0.15, -0.1) is 12.4 Å². The number of nitrogens with zero attached hydrogens (tertiary/aromatic N) is 1. The summed E-state index contributed by atoms with van der Waals surface area (Å²) in [6, 6.07) is 13.6. The summed E-state index contributed by atoms with van der Waals surface area (Å²) in [6.45, 7) is -0.163. The molecule has 0 saturated carbocycles. The number of rotatable bonds is 5. The second kappa shape index (κ2) is 8.48. The van der Waals surface area contributed by atoms with Crippen LogP contribution in [0, 0.1) is 0 Å². The molecule has 0 atom stereocenters. The van der Waals surface area contributed by atoms with E-state index >= 15 is 0 Å². The summed E-state index contributed by atoms with van der Waals surface area (Å²) in [6.07, 6.45) is 0. The van der Waals surface area contributed by atoms with Gasteiger partial charge in [0, 0.05) is 5.02 Å². The normalized spacial score (nSPS) is 9.59. The number of hydrogen-bond donors (Lipinski definition) is 1. The van der Waals surface area contributed by atoms with Crippen LogP contribution in [-0.4, -0.2) is 19.6 Å². The monoisotopic (exact) mass is 342 g/mol. The Morgan fingerprint density at radius 3 is 2.18 bits per heavy atom. The summed E-state index contributed by atoms with van der Waals surface area (Å²) in [7, 11) is 1.57. The highest BCUT2D eigenvalue weighted by atomic mass is 35.5. The third kappa shape index (κ3) is 4.80. The molecule has 0 aromatic heterocycles. The minimum atomic E-state index is -0.366. The molecule has 118 valence electrons. The van der Waals surface area contributed by atoms with Gasteiger partial charge in [0.05, 0.1) is 12.8 Å². The Labute approximate surface area is 139 Å². The average molecular weight is 343 g/mol. The van der Waals surface area contributed by atoms with Gasteiger partial charge < -0.3 is 9.47 Å². The molecule has 0 saturated heterocycles. The zero-order chi connectivity index (χ0) is 15.2. The molecule has 0 radical (unpaired) electrons. The predicted octanol–water partition coefficient (Wildman–Crippen LogP) is 3.06. The number of anilines is 1. The molecule has 0 fully saturated rings. The zero-order valence-corrected chi connectivity index (χ0v) is 13.4. The van der Waals surface area contributed by atoms with E-state index in [-0.39, 0.29) is 24.9 Å². The standard InChI is InChI=1S/C15H15ClN2O3.ClH/c1-20-13-8-4-12(5-9-13)18(17)15(19)10-21-14-6-2-11(16)3-7-14;/h2-9H,10,17H2,1H3;1H. The molecule has 0 unspecified atom stereocenters. The van der Waals surface area contributed by atoms with Crippen molar-refractivity contribution in [2.45, 2.75) is 0 Å². The second-order valence-corrected chi connectivity index (χ2v) is 4.64. The lowest BCUT2D eigenvalue weighted by atomic mass is 10.3. The molecule has 5 nitrogen and oxygen atoms in total. The van der Waals surface area contributed by atoms with E-state index in [0.29, 0.717) is 22.2 Å². The largest absolute Gasteiger partial charge is 0.497 e. The maximum absolute atomic E-state index is 12.0. The number of carbonyl (C=O) groups excluding carboxylic acids is 1. The van der Waals surface area contributed by atoms with Gasteiger partial charge in [0.25, 0.3) is 5.91 Å². The van der Waals surface area contributed by atoms with Crippen molar-refractivity contribution >= 4 is 35.6 Å². The van der Waals surface area contributed by atoms with Gasteiger partial charge in [0.1, 0.15) is 11.5 Å². The molecule has 2 rings (SSSR count). The number of nitrogens with two attached hydrogens (primary N) is 1. The van der Waals surface area contributed by atoms with Crippen molar-refractivity contribution in [3.05, 3.63) is 53.6 Å². The van der Waals surface area contributed by atoms with Crippen LogP contribution in [0.15, 0.2) is 48.5 Å². The van der Waals surface area contributed by atoms with Crippen molar-refractivity contribution in [1.82, 2.24) is 0 Å². The molecule has 1 amide bonds. The Kier molecular flexibility index (Phi) is 6.98. The Morgan fingerprint density at radius 2 is 1.64 bits per heavy atom. The highest BCUT2D eigenvalue weighted by Crippen LogP contribution is 2.18. The molecule has 0 aliphatic rings. The molecule has 22 heavy (non-hydrogen) atoms.